The highest BCUT2D eigenvalue weighted by molar-refractivity contribution is 5.85. The van der Waals surface area contributed by atoms with Crippen molar-refractivity contribution in [2.45, 2.75) is 19.3 Å². The van der Waals surface area contributed by atoms with E-state index in [1.807, 2.05) is 24.3 Å². The fourth-order valence-electron chi connectivity index (χ4n) is 1.47. The van der Waals surface area contributed by atoms with Crippen molar-refractivity contribution in [2.75, 3.05) is 20.2 Å². The number of hydrogen-bond donors (Lipinski definition) is 2. The van der Waals surface area contributed by atoms with E-state index in [2.05, 4.69) is 5.32 Å². The van der Waals surface area contributed by atoms with Crippen molar-refractivity contribution in [3.8, 4) is 5.75 Å². The van der Waals surface area contributed by atoms with Gasteiger partial charge in [0.25, 0.3) is 0 Å². The van der Waals surface area contributed by atoms with E-state index in [1.165, 1.54) is 0 Å². The van der Waals surface area contributed by atoms with Crippen molar-refractivity contribution in [2.24, 2.45) is 5.73 Å². The predicted octanol–water partition coefficient (Wildman–Crippen LogP) is 1.51. The monoisotopic (exact) mass is 272 g/mol. The summed E-state index contributed by atoms with van der Waals surface area (Å²) < 4.78 is 5.07. The van der Waals surface area contributed by atoms with Crippen LogP contribution in [0.2, 0.25) is 0 Å². The van der Waals surface area contributed by atoms with Gasteiger partial charge in [0.1, 0.15) is 5.75 Å². The van der Waals surface area contributed by atoms with Crippen LogP contribution in [-0.2, 0) is 11.2 Å². The molecule has 0 saturated carbocycles. The molecule has 1 aromatic rings. The Morgan fingerprint density at radius 1 is 1.33 bits per heavy atom. The Balaban J connectivity index is 0.00000289. The van der Waals surface area contributed by atoms with Gasteiger partial charge in [-0.3, -0.25) is 4.79 Å². The van der Waals surface area contributed by atoms with Crippen LogP contribution in [0.25, 0.3) is 0 Å². The van der Waals surface area contributed by atoms with E-state index in [-0.39, 0.29) is 18.3 Å². The van der Waals surface area contributed by atoms with Crippen molar-refractivity contribution < 1.29 is 9.53 Å². The standard InChI is InChI=1S/C13H20N2O2.ClH/c1-17-12-6-3-11(4-7-12)5-8-13(16)15-10-2-9-14;/h3-4,6-7H,2,5,8-10,14H2,1H3,(H,15,16);1H. The molecular weight excluding hydrogens is 252 g/mol. The number of amides is 1. The second-order valence-corrected chi connectivity index (χ2v) is 3.84. The Hall–Kier alpha value is -1.26. The lowest BCUT2D eigenvalue weighted by molar-refractivity contribution is -0.121. The van der Waals surface area contributed by atoms with Gasteiger partial charge < -0.3 is 15.8 Å². The molecule has 1 rings (SSSR count). The smallest absolute Gasteiger partial charge is 0.220 e. The van der Waals surface area contributed by atoms with Crippen LogP contribution in [0.4, 0.5) is 0 Å². The lowest BCUT2D eigenvalue weighted by atomic mass is 10.1. The number of halogens is 1. The molecule has 1 amide bonds. The molecule has 102 valence electrons. The summed E-state index contributed by atoms with van der Waals surface area (Å²) in [6.07, 6.45) is 2.09. The molecule has 0 aliphatic heterocycles. The third kappa shape index (κ3) is 6.47. The van der Waals surface area contributed by atoms with Crippen molar-refractivity contribution in [3.63, 3.8) is 0 Å². The quantitative estimate of drug-likeness (QED) is 0.740. The zero-order chi connectivity index (χ0) is 12.5. The minimum absolute atomic E-state index is 0. The maximum Gasteiger partial charge on any atom is 0.220 e. The highest BCUT2D eigenvalue weighted by Gasteiger charge is 2.01. The van der Waals surface area contributed by atoms with Gasteiger partial charge in [0.15, 0.2) is 0 Å². The average molecular weight is 273 g/mol. The summed E-state index contributed by atoms with van der Waals surface area (Å²) in [6, 6.07) is 7.77. The molecule has 0 spiro atoms. The first kappa shape index (κ1) is 16.7. The van der Waals surface area contributed by atoms with Gasteiger partial charge in [0.2, 0.25) is 5.91 Å². The van der Waals surface area contributed by atoms with Crippen LogP contribution >= 0.6 is 12.4 Å². The van der Waals surface area contributed by atoms with Gasteiger partial charge in [-0.05, 0) is 37.1 Å². The van der Waals surface area contributed by atoms with Gasteiger partial charge >= 0.3 is 0 Å². The molecule has 0 bridgehead atoms. The number of rotatable bonds is 7. The number of carbonyl (C=O) groups is 1. The van der Waals surface area contributed by atoms with Gasteiger partial charge in [-0.25, -0.2) is 0 Å². The summed E-state index contributed by atoms with van der Waals surface area (Å²) in [5.41, 5.74) is 6.48. The van der Waals surface area contributed by atoms with E-state index in [4.69, 9.17) is 10.5 Å². The zero-order valence-electron chi connectivity index (χ0n) is 10.6. The molecule has 0 radical (unpaired) electrons. The van der Waals surface area contributed by atoms with Crippen LogP contribution in [0.1, 0.15) is 18.4 Å². The van der Waals surface area contributed by atoms with Crippen LogP contribution in [0, 0.1) is 0 Å². The van der Waals surface area contributed by atoms with Crippen molar-refractivity contribution in [3.05, 3.63) is 29.8 Å². The second kappa shape index (κ2) is 9.74. The molecule has 0 atom stereocenters. The van der Waals surface area contributed by atoms with E-state index >= 15 is 0 Å². The molecule has 4 nitrogen and oxygen atoms in total. The average Bonchev–Trinajstić information content (AvgIpc) is 2.37. The summed E-state index contributed by atoms with van der Waals surface area (Å²) >= 11 is 0. The van der Waals surface area contributed by atoms with Gasteiger partial charge in [0, 0.05) is 13.0 Å². The SMILES string of the molecule is COc1ccc(CCC(=O)NCCCN)cc1.Cl. The van der Waals surface area contributed by atoms with E-state index in [0.717, 1.165) is 24.2 Å². The highest BCUT2D eigenvalue weighted by atomic mass is 35.5. The molecule has 0 unspecified atom stereocenters. The Labute approximate surface area is 114 Å². The highest BCUT2D eigenvalue weighted by Crippen LogP contribution is 2.12. The Morgan fingerprint density at radius 3 is 2.56 bits per heavy atom. The molecule has 18 heavy (non-hydrogen) atoms. The maximum absolute atomic E-state index is 11.4. The van der Waals surface area contributed by atoms with Crippen molar-refractivity contribution in [1.29, 1.82) is 0 Å². The van der Waals surface area contributed by atoms with E-state index < -0.39 is 0 Å². The summed E-state index contributed by atoms with van der Waals surface area (Å²) in [5.74, 6) is 0.912. The summed E-state index contributed by atoms with van der Waals surface area (Å²) in [7, 11) is 1.64. The number of nitrogens with two attached hydrogens (primary N) is 1. The van der Waals surface area contributed by atoms with Crippen LogP contribution in [-0.4, -0.2) is 26.1 Å². The van der Waals surface area contributed by atoms with Gasteiger partial charge in [-0.2, -0.15) is 0 Å². The number of ether oxygens (including phenoxy) is 1. The van der Waals surface area contributed by atoms with E-state index in [9.17, 15) is 4.79 Å². The van der Waals surface area contributed by atoms with Crippen LogP contribution < -0.4 is 15.8 Å². The number of hydrogen-bond acceptors (Lipinski definition) is 3. The summed E-state index contributed by atoms with van der Waals surface area (Å²) in [4.78, 5) is 11.4. The molecule has 0 heterocycles. The lowest BCUT2D eigenvalue weighted by Gasteiger charge is -2.05. The topological polar surface area (TPSA) is 64.3 Å². The minimum Gasteiger partial charge on any atom is -0.497 e. The minimum atomic E-state index is 0. The summed E-state index contributed by atoms with van der Waals surface area (Å²) in [6.45, 7) is 1.27. The van der Waals surface area contributed by atoms with Gasteiger partial charge in [-0.1, -0.05) is 12.1 Å². The Morgan fingerprint density at radius 2 is 2.00 bits per heavy atom. The molecule has 0 aromatic heterocycles. The number of methoxy groups -OCH3 is 1. The Bertz CT molecular complexity index is 341. The first-order chi connectivity index (χ1) is 8.26. The van der Waals surface area contributed by atoms with Crippen LogP contribution in [0.15, 0.2) is 24.3 Å². The number of benzene rings is 1. The third-order valence-electron chi connectivity index (χ3n) is 2.50. The molecule has 5 heteroatoms. The Kier molecular flexibility index (Phi) is 9.06. The molecule has 3 N–H and O–H groups in total. The van der Waals surface area contributed by atoms with E-state index in [0.29, 0.717) is 19.5 Å². The van der Waals surface area contributed by atoms with Gasteiger partial charge in [0.05, 0.1) is 7.11 Å². The molecule has 0 aliphatic rings. The van der Waals surface area contributed by atoms with Crippen molar-refractivity contribution >= 4 is 18.3 Å². The molecule has 0 aliphatic carbocycles. The maximum atomic E-state index is 11.4. The van der Waals surface area contributed by atoms with Crippen LogP contribution in [0.5, 0.6) is 5.75 Å². The molecule has 0 fully saturated rings. The molecule has 0 saturated heterocycles. The second-order valence-electron chi connectivity index (χ2n) is 3.84. The number of carbonyl (C=O) groups excluding carboxylic acids is 1. The fourth-order valence-corrected chi connectivity index (χ4v) is 1.47. The summed E-state index contributed by atoms with van der Waals surface area (Å²) in [5, 5.41) is 2.83. The van der Waals surface area contributed by atoms with Crippen LogP contribution in [0.3, 0.4) is 0 Å². The normalized spacial score (nSPS) is 9.44. The van der Waals surface area contributed by atoms with Crippen molar-refractivity contribution in [1.82, 2.24) is 5.32 Å². The molecular formula is C13H21ClN2O2. The molecule has 1 aromatic carbocycles. The van der Waals surface area contributed by atoms with Gasteiger partial charge in [-0.15, -0.1) is 12.4 Å². The predicted molar refractivity (Wildman–Crippen MR) is 75.2 cm³/mol. The fraction of sp³-hybridized carbons (Fsp3) is 0.462. The lowest BCUT2D eigenvalue weighted by Crippen LogP contribution is -2.26. The largest absolute Gasteiger partial charge is 0.497 e. The number of aryl methyl sites for hydroxylation is 1. The van der Waals surface area contributed by atoms with E-state index in [1.54, 1.807) is 7.11 Å². The third-order valence-corrected chi connectivity index (χ3v) is 2.50. The first-order valence-corrected chi connectivity index (χ1v) is 5.86. The first-order valence-electron chi connectivity index (χ1n) is 5.86. The zero-order valence-corrected chi connectivity index (χ0v) is 11.5. The number of nitrogens with one attached hydrogen (secondary N) is 1.